The molecule has 1 N–H and O–H groups in total. The Morgan fingerprint density at radius 3 is 2.88 bits per heavy atom. The van der Waals surface area contributed by atoms with E-state index < -0.39 is 0 Å². The van der Waals surface area contributed by atoms with Gasteiger partial charge in [0.2, 0.25) is 5.91 Å². The Morgan fingerprint density at radius 2 is 2.08 bits per heavy atom. The number of hydrogen-bond donors (Lipinski definition) is 1. The van der Waals surface area contributed by atoms with Gasteiger partial charge in [-0.3, -0.25) is 4.79 Å². The van der Waals surface area contributed by atoms with Gasteiger partial charge in [-0.05, 0) is 29.7 Å². The molecule has 0 aromatic heterocycles. The highest BCUT2D eigenvalue weighted by Gasteiger charge is 2.46. The SMILES string of the molecule is COc1ccccc1CC(=O)N1C[C@@H]2CNC[C@@H]2[C@@H]1c1cccc(F)c1. The van der Waals surface area contributed by atoms with Gasteiger partial charge in [-0.15, -0.1) is 0 Å². The Kier molecular flexibility index (Phi) is 4.64. The zero-order chi connectivity index (χ0) is 18.1. The number of carbonyl (C=O) groups is 1. The molecule has 2 aliphatic heterocycles. The van der Waals surface area contributed by atoms with Crippen molar-refractivity contribution in [3.8, 4) is 5.75 Å². The van der Waals surface area contributed by atoms with Crippen molar-refractivity contribution in [2.24, 2.45) is 11.8 Å². The van der Waals surface area contributed by atoms with Crippen molar-refractivity contribution in [1.82, 2.24) is 10.2 Å². The lowest BCUT2D eigenvalue weighted by molar-refractivity contribution is -0.132. The molecule has 2 fully saturated rings. The number of halogens is 1. The van der Waals surface area contributed by atoms with E-state index in [2.05, 4.69) is 5.32 Å². The third kappa shape index (κ3) is 3.07. The Labute approximate surface area is 153 Å². The Bertz CT molecular complexity index is 810. The lowest BCUT2D eigenvalue weighted by Gasteiger charge is -2.29. The van der Waals surface area contributed by atoms with Crippen LogP contribution in [0.1, 0.15) is 17.2 Å². The van der Waals surface area contributed by atoms with Gasteiger partial charge < -0.3 is 15.0 Å². The number of likely N-dealkylation sites (tertiary alicyclic amines) is 1. The number of methoxy groups -OCH3 is 1. The molecule has 3 atom stereocenters. The number of benzene rings is 2. The fraction of sp³-hybridized carbons (Fsp3) is 0.381. The number of amides is 1. The smallest absolute Gasteiger partial charge is 0.227 e. The van der Waals surface area contributed by atoms with E-state index in [1.807, 2.05) is 35.2 Å². The van der Waals surface area contributed by atoms with Crippen molar-refractivity contribution < 1.29 is 13.9 Å². The summed E-state index contributed by atoms with van der Waals surface area (Å²) >= 11 is 0. The van der Waals surface area contributed by atoms with E-state index in [1.165, 1.54) is 6.07 Å². The Hall–Kier alpha value is -2.40. The van der Waals surface area contributed by atoms with Crippen LogP contribution in [0.15, 0.2) is 48.5 Å². The molecule has 2 aromatic carbocycles. The lowest BCUT2D eigenvalue weighted by atomic mass is 9.89. The summed E-state index contributed by atoms with van der Waals surface area (Å²) < 4.78 is 19.2. The van der Waals surface area contributed by atoms with Crippen LogP contribution in [0.25, 0.3) is 0 Å². The summed E-state index contributed by atoms with van der Waals surface area (Å²) in [6.07, 6.45) is 0.294. The Morgan fingerprint density at radius 1 is 1.23 bits per heavy atom. The maximum Gasteiger partial charge on any atom is 0.227 e. The van der Waals surface area contributed by atoms with Crippen LogP contribution in [-0.2, 0) is 11.2 Å². The van der Waals surface area contributed by atoms with Gasteiger partial charge >= 0.3 is 0 Å². The van der Waals surface area contributed by atoms with Crippen LogP contribution in [0.2, 0.25) is 0 Å². The number of hydrogen-bond acceptors (Lipinski definition) is 3. The molecule has 1 amide bonds. The molecule has 136 valence electrons. The van der Waals surface area contributed by atoms with Crippen LogP contribution < -0.4 is 10.1 Å². The molecule has 0 radical (unpaired) electrons. The average molecular weight is 354 g/mol. The second-order valence-electron chi connectivity index (χ2n) is 7.12. The van der Waals surface area contributed by atoms with E-state index in [4.69, 9.17) is 4.74 Å². The maximum atomic E-state index is 13.8. The van der Waals surface area contributed by atoms with Gasteiger partial charge in [0, 0.05) is 31.1 Å². The molecule has 4 rings (SSSR count). The molecular formula is C21H23FN2O2. The highest BCUT2D eigenvalue weighted by Crippen LogP contribution is 2.43. The minimum absolute atomic E-state index is 0.0677. The summed E-state index contributed by atoms with van der Waals surface area (Å²) in [7, 11) is 1.62. The van der Waals surface area contributed by atoms with Gasteiger partial charge in [0.1, 0.15) is 11.6 Å². The van der Waals surface area contributed by atoms with E-state index in [-0.39, 0.29) is 17.8 Å². The summed E-state index contributed by atoms with van der Waals surface area (Å²) in [5, 5.41) is 3.41. The van der Waals surface area contributed by atoms with Gasteiger partial charge in [-0.1, -0.05) is 30.3 Å². The largest absolute Gasteiger partial charge is 0.496 e. The third-order valence-corrected chi connectivity index (χ3v) is 5.61. The first kappa shape index (κ1) is 17.0. The minimum Gasteiger partial charge on any atom is -0.496 e. The number of carbonyl (C=O) groups excluding carboxylic acids is 1. The molecular weight excluding hydrogens is 331 g/mol. The molecule has 0 spiro atoms. The zero-order valence-corrected chi connectivity index (χ0v) is 14.8. The molecule has 4 nitrogen and oxygen atoms in total. The summed E-state index contributed by atoms with van der Waals surface area (Å²) in [6.45, 7) is 2.49. The van der Waals surface area contributed by atoms with Crippen LogP contribution in [0.4, 0.5) is 4.39 Å². The molecule has 2 saturated heterocycles. The molecule has 0 bridgehead atoms. The monoisotopic (exact) mass is 354 g/mol. The van der Waals surface area contributed by atoms with Crippen LogP contribution >= 0.6 is 0 Å². The van der Waals surface area contributed by atoms with Gasteiger partial charge in [-0.2, -0.15) is 0 Å². The first-order chi connectivity index (χ1) is 12.7. The summed E-state index contributed by atoms with van der Waals surface area (Å²) in [6, 6.07) is 14.2. The lowest BCUT2D eigenvalue weighted by Crippen LogP contribution is -2.35. The highest BCUT2D eigenvalue weighted by atomic mass is 19.1. The maximum absolute atomic E-state index is 13.8. The molecule has 0 saturated carbocycles. The number of ether oxygens (including phenoxy) is 1. The quantitative estimate of drug-likeness (QED) is 0.918. The van der Waals surface area contributed by atoms with Crippen molar-refractivity contribution in [2.45, 2.75) is 12.5 Å². The molecule has 2 heterocycles. The van der Waals surface area contributed by atoms with E-state index >= 15 is 0 Å². The minimum atomic E-state index is -0.256. The second-order valence-corrected chi connectivity index (χ2v) is 7.12. The van der Waals surface area contributed by atoms with Crippen LogP contribution in [0.5, 0.6) is 5.75 Å². The van der Waals surface area contributed by atoms with Gasteiger partial charge in [0.05, 0.1) is 19.6 Å². The average Bonchev–Trinajstić information content (AvgIpc) is 3.23. The van der Waals surface area contributed by atoms with Crippen molar-refractivity contribution in [3.05, 3.63) is 65.5 Å². The summed E-state index contributed by atoms with van der Waals surface area (Å²) in [5.74, 6) is 1.29. The van der Waals surface area contributed by atoms with Crippen molar-refractivity contribution in [1.29, 1.82) is 0 Å². The zero-order valence-electron chi connectivity index (χ0n) is 14.8. The first-order valence-corrected chi connectivity index (χ1v) is 9.05. The fourth-order valence-electron chi connectivity index (χ4n) is 4.41. The highest BCUT2D eigenvalue weighted by molar-refractivity contribution is 5.80. The number of nitrogens with one attached hydrogen (secondary N) is 1. The Balaban J connectivity index is 1.62. The van der Waals surface area contributed by atoms with Crippen LogP contribution in [-0.4, -0.2) is 37.6 Å². The van der Waals surface area contributed by atoms with Crippen LogP contribution in [0, 0.1) is 17.7 Å². The van der Waals surface area contributed by atoms with Gasteiger partial charge in [-0.25, -0.2) is 4.39 Å². The molecule has 2 aliphatic rings. The van der Waals surface area contributed by atoms with Crippen molar-refractivity contribution in [3.63, 3.8) is 0 Å². The van der Waals surface area contributed by atoms with Crippen LogP contribution in [0.3, 0.4) is 0 Å². The third-order valence-electron chi connectivity index (χ3n) is 5.61. The molecule has 5 heteroatoms. The fourth-order valence-corrected chi connectivity index (χ4v) is 4.41. The molecule has 0 aliphatic carbocycles. The van der Waals surface area contributed by atoms with E-state index in [1.54, 1.807) is 19.2 Å². The topological polar surface area (TPSA) is 41.6 Å². The molecule has 2 aromatic rings. The van der Waals surface area contributed by atoms with Gasteiger partial charge in [0.15, 0.2) is 0 Å². The number of fused-ring (bicyclic) bond motifs is 1. The second kappa shape index (κ2) is 7.08. The number of para-hydroxylation sites is 1. The standard InChI is InChI=1S/C21H23FN2O2/c1-26-19-8-3-2-5-14(19)10-20(25)24-13-16-11-23-12-18(16)21(24)15-6-4-7-17(22)9-15/h2-9,16,18,21,23H,10-13H2,1H3/t16-,18-,21-/m0/s1. The summed E-state index contributed by atoms with van der Waals surface area (Å²) in [5.41, 5.74) is 1.77. The number of nitrogens with zero attached hydrogens (tertiary/aromatic N) is 1. The van der Waals surface area contributed by atoms with E-state index in [0.29, 0.717) is 24.8 Å². The molecule has 0 unspecified atom stereocenters. The van der Waals surface area contributed by atoms with Crippen molar-refractivity contribution >= 4 is 5.91 Å². The first-order valence-electron chi connectivity index (χ1n) is 9.05. The predicted molar refractivity (Wildman–Crippen MR) is 97.4 cm³/mol. The molecule has 26 heavy (non-hydrogen) atoms. The van der Waals surface area contributed by atoms with E-state index in [9.17, 15) is 9.18 Å². The number of rotatable bonds is 4. The van der Waals surface area contributed by atoms with Crippen molar-refractivity contribution in [2.75, 3.05) is 26.7 Å². The summed E-state index contributed by atoms with van der Waals surface area (Å²) in [4.78, 5) is 15.1. The normalized spacial score (nSPS) is 24.5. The van der Waals surface area contributed by atoms with Gasteiger partial charge in [0.25, 0.3) is 0 Å². The predicted octanol–water partition coefficient (Wildman–Crippen LogP) is 2.80. The van der Waals surface area contributed by atoms with E-state index in [0.717, 1.165) is 30.0 Å².